The van der Waals surface area contributed by atoms with Gasteiger partial charge in [0.15, 0.2) is 0 Å². The molecule has 1 aromatic heterocycles. The number of halogens is 4. The minimum Gasteiger partial charge on any atom is -0.324 e. The summed E-state index contributed by atoms with van der Waals surface area (Å²) >= 11 is 0. The number of alkyl halides is 3. The van der Waals surface area contributed by atoms with Crippen LogP contribution in [0.4, 0.5) is 13.2 Å². The maximum Gasteiger partial charge on any atom is 0.389 e. The molecule has 0 saturated carbocycles. The molecule has 0 fully saturated rings. The second kappa shape index (κ2) is 6.21. The van der Waals surface area contributed by atoms with Gasteiger partial charge in [-0.25, -0.2) is 0 Å². The summed E-state index contributed by atoms with van der Waals surface area (Å²) in [6.45, 7) is 0. The summed E-state index contributed by atoms with van der Waals surface area (Å²) in [5.41, 5.74) is 7.30. The fourth-order valence-electron chi connectivity index (χ4n) is 1.92. The Morgan fingerprint density at radius 2 is 1.84 bits per heavy atom. The van der Waals surface area contributed by atoms with Crippen molar-refractivity contribution >= 4 is 23.3 Å². The van der Waals surface area contributed by atoms with E-state index in [1.165, 1.54) is 0 Å². The largest absolute Gasteiger partial charge is 0.389 e. The molecule has 0 aliphatic heterocycles. The second-order valence-electron chi connectivity index (χ2n) is 4.18. The summed E-state index contributed by atoms with van der Waals surface area (Å²) in [4.78, 5) is 4.16. The molecule has 104 valence electrons. The maximum atomic E-state index is 12.2. The maximum absolute atomic E-state index is 12.2. The van der Waals surface area contributed by atoms with E-state index in [1.54, 1.807) is 12.3 Å². The quantitative estimate of drug-likeness (QED) is 0.928. The van der Waals surface area contributed by atoms with Gasteiger partial charge < -0.3 is 5.73 Å². The van der Waals surface area contributed by atoms with Crippen molar-refractivity contribution in [2.24, 2.45) is 5.73 Å². The molecule has 2 rings (SSSR count). The predicted octanol–water partition coefficient (Wildman–Crippen LogP) is 4.00. The Hall–Kier alpha value is -1.33. The molecule has 0 unspecified atom stereocenters. The highest BCUT2D eigenvalue weighted by atomic mass is 35.5. The first-order valence-corrected chi connectivity index (χ1v) is 5.63. The summed E-state index contributed by atoms with van der Waals surface area (Å²) in [6, 6.07) is 8.35. The van der Waals surface area contributed by atoms with E-state index in [-0.39, 0.29) is 18.8 Å². The van der Waals surface area contributed by atoms with Crippen molar-refractivity contribution in [3.63, 3.8) is 0 Å². The van der Waals surface area contributed by atoms with Gasteiger partial charge in [-0.2, -0.15) is 13.2 Å². The first-order chi connectivity index (χ1) is 8.47. The van der Waals surface area contributed by atoms with Crippen LogP contribution in [0.25, 0.3) is 10.9 Å². The van der Waals surface area contributed by atoms with Crippen LogP contribution in [0.15, 0.2) is 36.5 Å². The number of pyridine rings is 1. The van der Waals surface area contributed by atoms with Crippen molar-refractivity contribution in [2.45, 2.75) is 25.1 Å². The number of rotatable bonds is 3. The van der Waals surface area contributed by atoms with Gasteiger partial charge in [0.05, 0.1) is 5.52 Å². The molecule has 0 bridgehead atoms. The average Bonchev–Trinajstić information content (AvgIpc) is 2.34. The van der Waals surface area contributed by atoms with E-state index in [1.807, 2.05) is 24.3 Å². The lowest BCUT2D eigenvalue weighted by molar-refractivity contribution is -0.136. The number of benzene rings is 1. The molecule has 0 spiro atoms. The fourth-order valence-corrected chi connectivity index (χ4v) is 1.92. The van der Waals surface area contributed by atoms with E-state index in [0.29, 0.717) is 5.56 Å². The van der Waals surface area contributed by atoms with E-state index >= 15 is 0 Å². The molecular formula is C13H14ClF3N2. The highest BCUT2D eigenvalue weighted by Crippen LogP contribution is 2.29. The third kappa shape index (κ3) is 4.08. The molecule has 1 aromatic carbocycles. The summed E-state index contributed by atoms with van der Waals surface area (Å²) in [7, 11) is 0. The van der Waals surface area contributed by atoms with E-state index in [9.17, 15) is 13.2 Å². The highest BCUT2D eigenvalue weighted by Gasteiger charge is 2.28. The normalized spacial score (nSPS) is 13.1. The molecule has 2 N–H and O–H groups in total. The van der Waals surface area contributed by atoms with Crippen LogP contribution in [0.3, 0.4) is 0 Å². The molecule has 19 heavy (non-hydrogen) atoms. The lowest BCUT2D eigenvalue weighted by atomic mass is 9.99. The Bertz CT molecular complexity index is 537. The van der Waals surface area contributed by atoms with Gasteiger partial charge in [0.1, 0.15) is 0 Å². The zero-order valence-corrected chi connectivity index (χ0v) is 10.8. The molecule has 0 radical (unpaired) electrons. The molecule has 0 saturated heterocycles. The Morgan fingerprint density at radius 3 is 2.53 bits per heavy atom. The van der Waals surface area contributed by atoms with E-state index in [4.69, 9.17) is 5.73 Å². The van der Waals surface area contributed by atoms with Gasteiger partial charge in [-0.1, -0.05) is 18.2 Å². The molecule has 1 atom stereocenters. The smallest absolute Gasteiger partial charge is 0.324 e. The van der Waals surface area contributed by atoms with Crippen LogP contribution < -0.4 is 5.73 Å². The SMILES string of the molecule is Cl.N[C@H](CCC(F)(F)F)c1ccnc2ccccc12. The van der Waals surface area contributed by atoms with Gasteiger partial charge >= 0.3 is 6.18 Å². The molecule has 6 heteroatoms. The number of para-hydroxylation sites is 1. The molecule has 0 aliphatic carbocycles. The van der Waals surface area contributed by atoms with E-state index in [2.05, 4.69) is 4.98 Å². The predicted molar refractivity (Wildman–Crippen MR) is 71.2 cm³/mol. The van der Waals surface area contributed by atoms with Gasteiger partial charge in [0, 0.05) is 24.0 Å². The van der Waals surface area contributed by atoms with Crippen molar-refractivity contribution in [3.05, 3.63) is 42.1 Å². The zero-order chi connectivity index (χ0) is 13.2. The number of hydrogen-bond acceptors (Lipinski definition) is 2. The minimum absolute atomic E-state index is 0. The van der Waals surface area contributed by atoms with Gasteiger partial charge in [0.25, 0.3) is 0 Å². The summed E-state index contributed by atoms with van der Waals surface area (Å²) in [6.07, 6.45) is -3.58. The van der Waals surface area contributed by atoms with Crippen LogP contribution in [-0.2, 0) is 0 Å². The highest BCUT2D eigenvalue weighted by molar-refractivity contribution is 5.85. The standard InChI is InChI=1S/C13H13F3N2.ClH/c14-13(15,16)7-5-11(17)9-6-8-18-12-4-2-1-3-10(9)12;/h1-4,6,8,11H,5,7,17H2;1H/t11-;/m1./s1. The lowest BCUT2D eigenvalue weighted by Crippen LogP contribution is -2.16. The van der Waals surface area contributed by atoms with Crippen molar-refractivity contribution in [3.8, 4) is 0 Å². The van der Waals surface area contributed by atoms with Crippen LogP contribution in [0.1, 0.15) is 24.4 Å². The molecule has 2 aromatic rings. The van der Waals surface area contributed by atoms with Crippen molar-refractivity contribution in [1.29, 1.82) is 0 Å². The van der Waals surface area contributed by atoms with Crippen LogP contribution in [0.5, 0.6) is 0 Å². The van der Waals surface area contributed by atoms with Crippen molar-refractivity contribution in [1.82, 2.24) is 4.98 Å². The Kier molecular flexibility index (Phi) is 5.14. The average molecular weight is 291 g/mol. The summed E-state index contributed by atoms with van der Waals surface area (Å²) < 4.78 is 36.5. The summed E-state index contributed by atoms with van der Waals surface area (Å²) in [5.74, 6) is 0. The molecule has 0 amide bonds. The van der Waals surface area contributed by atoms with Crippen LogP contribution in [0, 0.1) is 0 Å². The van der Waals surface area contributed by atoms with Crippen LogP contribution in [0.2, 0.25) is 0 Å². The topological polar surface area (TPSA) is 38.9 Å². The zero-order valence-electron chi connectivity index (χ0n) is 10.0. The molecule has 2 nitrogen and oxygen atoms in total. The molecule has 1 heterocycles. The van der Waals surface area contributed by atoms with Gasteiger partial charge in [-0.3, -0.25) is 4.98 Å². The Labute approximate surface area is 115 Å². The van der Waals surface area contributed by atoms with Gasteiger partial charge in [-0.15, -0.1) is 12.4 Å². The first-order valence-electron chi connectivity index (χ1n) is 5.63. The van der Waals surface area contributed by atoms with Gasteiger partial charge in [0.2, 0.25) is 0 Å². The number of fused-ring (bicyclic) bond motifs is 1. The fraction of sp³-hybridized carbons (Fsp3) is 0.308. The molecule has 0 aliphatic rings. The Morgan fingerprint density at radius 1 is 1.16 bits per heavy atom. The summed E-state index contributed by atoms with van der Waals surface area (Å²) in [5, 5.41) is 0.815. The van der Waals surface area contributed by atoms with Crippen molar-refractivity contribution < 1.29 is 13.2 Å². The lowest BCUT2D eigenvalue weighted by Gasteiger charge is -2.15. The van der Waals surface area contributed by atoms with Crippen LogP contribution in [-0.4, -0.2) is 11.2 Å². The van der Waals surface area contributed by atoms with E-state index in [0.717, 1.165) is 10.9 Å². The number of nitrogens with two attached hydrogens (primary N) is 1. The Balaban J connectivity index is 0.00000180. The number of nitrogens with zero attached hydrogens (tertiary/aromatic N) is 1. The third-order valence-corrected chi connectivity index (χ3v) is 2.82. The minimum atomic E-state index is -4.17. The molecular weight excluding hydrogens is 277 g/mol. The monoisotopic (exact) mass is 290 g/mol. The number of aromatic nitrogens is 1. The number of hydrogen-bond donors (Lipinski definition) is 1. The second-order valence-corrected chi connectivity index (χ2v) is 4.18. The van der Waals surface area contributed by atoms with Gasteiger partial charge in [-0.05, 0) is 24.1 Å². The van der Waals surface area contributed by atoms with Crippen molar-refractivity contribution in [2.75, 3.05) is 0 Å². The van der Waals surface area contributed by atoms with Crippen LogP contribution >= 0.6 is 12.4 Å². The first kappa shape index (κ1) is 15.7. The third-order valence-electron chi connectivity index (χ3n) is 2.82. The van der Waals surface area contributed by atoms with E-state index < -0.39 is 18.6 Å².